The molecule has 0 aliphatic rings. The minimum atomic E-state index is 0.0528. The predicted octanol–water partition coefficient (Wildman–Crippen LogP) is 3.21. The second-order valence-corrected chi connectivity index (χ2v) is 4.03. The van der Waals surface area contributed by atoms with Gasteiger partial charge in [0, 0.05) is 12.0 Å². The van der Waals surface area contributed by atoms with E-state index in [1.807, 2.05) is 24.3 Å². The highest BCUT2D eigenvalue weighted by atomic mass is 16.5. The molecule has 0 aliphatic carbocycles. The van der Waals surface area contributed by atoms with Crippen molar-refractivity contribution >= 4 is 5.78 Å². The summed E-state index contributed by atoms with van der Waals surface area (Å²) in [5.74, 6) is 0.664. The molecule has 2 aromatic rings. The van der Waals surface area contributed by atoms with Crippen molar-refractivity contribution < 1.29 is 9.53 Å². The molecular formula is C16H13NO2. The second kappa shape index (κ2) is 6.36. The lowest BCUT2D eigenvalue weighted by Gasteiger charge is -2.05. The third kappa shape index (κ3) is 3.68. The molecule has 19 heavy (non-hydrogen) atoms. The van der Waals surface area contributed by atoms with Crippen LogP contribution in [0, 0.1) is 11.3 Å². The summed E-state index contributed by atoms with van der Waals surface area (Å²) in [6, 6.07) is 18.1. The van der Waals surface area contributed by atoms with Crippen LogP contribution < -0.4 is 4.74 Å². The summed E-state index contributed by atoms with van der Waals surface area (Å²) in [5.41, 5.74) is 1.24. The number of nitriles is 1. The standard InChI is InChI=1S/C16H13NO2/c17-12-13-5-4-8-15(11-13)19-10-9-16(18)14-6-2-1-3-7-14/h1-8,11H,9-10H2. The lowest BCUT2D eigenvalue weighted by atomic mass is 10.1. The first-order valence-corrected chi connectivity index (χ1v) is 6.01. The van der Waals surface area contributed by atoms with Gasteiger partial charge in [-0.05, 0) is 18.2 Å². The molecule has 0 N–H and O–H groups in total. The molecule has 0 amide bonds. The molecule has 0 aliphatic heterocycles. The van der Waals surface area contributed by atoms with Crippen LogP contribution in [0.25, 0.3) is 0 Å². The van der Waals surface area contributed by atoms with Crippen molar-refractivity contribution in [1.82, 2.24) is 0 Å². The fourth-order valence-corrected chi connectivity index (χ4v) is 1.69. The molecule has 3 nitrogen and oxygen atoms in total. The Hall–Kier alpha value is -2.60. The van der Waals surface area contributed by atoms with Crippen molar-refractivity contribution in [2.24, 2.45) is 0 Å². The normalized spacial score (nSPS) is 9.63. The Morgan fingerprint density at radius 1 is 1.11 bits per heavy atom. The van der Waals surface area contributed by atoms with Crippen molar-refractivity contribution in [3.8, 4) is 11.8 Å². The molecule has 0 aromatic heterocycles. The highest BCUT2D eigenvalue weighted by molar-refractivity contribution is 5.96. The number of benzene rings is 2. The smallest absolute Gasteiger partial charge is 0.166 e. The third-order valence-corrected chi connectivity index (χ3v) is 2.66. The number of rotatable bonds is 5. The monoisotopic (exact) mass is 251 g/mol. The van der Waals surface area contributed by atoms with Gasteiger partial charge in [-0.1, -0.05) is 36.4 Å². The zero-order valence-electron chi connectivity index (χ0n) is 10.4. The van der Waals surface area contributed by atoms with Crippen molar-refractivity contribution in [2.75, 3.05) is 6.61 Å². The van der Waals surface area contributed by atoms with Gasteiger partial charge in [0.25, 0.3) is 0 Å². The molecule has 0 unspecified atom stereocenters. The van der Waals surface area contributed by atoms with Gasteiger partial charge in [0.15, 0.2) is 5.78 Å². The van der Waals surface area contributed by atoms with Gasteiger partial charge in [-0.2, -0.15) is 5.26 Å². The van der Waals surface area contributed by atoms with Crippen LogP contribution in [0.1, 0.15) is 22.3 Å². The summed E-state index contributed by atoms with van der Waals surface area (Å²) in [6.07, 6.45) is 0.320. The number of carbonyl (C=O) groups excluding carboxylic acids is 1. The van der Waals surface area contributed by atoms with Crippen LogP contribution in [0.3, 0.4) is 0 Å². The van der Waals surface area contributed by atoms with E-state index < -0.39 is 0 Å². The zero-order valence-corrected chi connectivity index (χ0v) is 10.4. The Labute approximate surface area is 112 Å². The summed E-state index contributed by atoms with van der Waals surface area (Å²) in [7, 11) is 0. The molecule has 0 fully saturated rings. The Morgan fingerprint density at radius 2 is 1.89 bits per heavy atom. The molecule has 0 spiro atoms. The maximum Gasteiger partial charge on any atom is 0.166 e. The van der Waals surface area contributed by atoms with Crippen molar-refractivity contribution in [3.63, 3.8) is 0 Å². The number of nitrogens with zero attached hydrogens (tertiary/aromatic N) is 1. The summed E-state index contributed by atoms with van der Waals surface area (Å²) < 4.78 is 5.47. The minimum Gasteiger partial charge on any atom is -0.493 e. The number of ketones is 1. The van der Waals surface area contributed by atoms with Crippen LogP contribution in [0.4, 0.5) is 0 Å². The van der Waals surface area contributed by atoms with E-state index in [0.29, 0.717) is 29.9 Å². The topological polar surface area (TPSA) is 50.1 Å². The Balaban J connectivity index is 1.87. The molecule has 0 atom stereocenters. The number of Topliss-reactive ketones (excluding diaryl/α,β-unsaturated/α-hetero) is 1. The molecule has 2 aromatic carbocycles. The highest BCUT2D eigenvalue weighted by Gasteiger charge is 2.05. The third-order valence-electron chi connectivity index (χ3n) is 2.66. The van der Waals surface area contributed by atoms with Gasteiger partial charge in [0.1, 0.15) is 5.75 Å². The van der Waals surface area contributed by atoms with Crippen LogP contribution in [-0.4, -0.2) is 12.4 Å². The van der Waals surface area contributed by atoms with Gasteiger partial charge in [-0.15, -0.1) is 0 Å². The van der Waals surface area contributed by atoms with Crippen molar-refractivity contribution in [1.29, 1.82) is 5.26 Å². The summed E-state index contributed by atoms with van der Waals surface area (Å²) in [4.78, 5) is 11.8. The number of carbonyl (C=O) groups is 1. The summed E-state index contributed by atoms with van der Waals surface area (Å²) in [6.45, 7) is 0.308. The average molecular weight is 251 g/mol. The second-order valence-electron chi connectivity index (χ2n) is 4.03. The molecule has 3 heteroatoms. The SMILES string of the molecule is N#Cc1cccc(OCCC(=O)c2ccccc2)c1. The lowest BCUT2D eigenvalue weighted by molar-refractivity contribution is 0.0962. The maximum atomic E-state index is 11.8. The van der Waals surface area contributed by atoms with Gasteiger partial charge in [0.2, 0.25) is 0 Å². The molecule has 94 valence electrons. The first-order chi connectivity index (χ1) is 9.29. The van der Waals surface area contributed by atoms with Crippen LogP contribution in [0.15, 0.2) is 54.6 Å². The largest absolute Gasteiger partial charge is 0.493 e. The Kier molecular flexibility index (Phi) is 4.30. The van der Waals surface area contributed by atoms with Gasteiger partial charge in [-0.3, -0.25) is 4.79 Å². The number of hydrogen-bond acceptors (Lipinski definition) is 3. The first kappa shape index (κ1) is 12.8. The van der Waals surface area contributed by atoms with Gasteiger partial charge < -0.3 is 4.74 Å². The number of hydrogen-bond donors (Lipinski definition) is 0. The number of ether oxygens (including phenoxy) is 1. The van der Waals surface area contributed by atoms with E-state index >= 15 is 0 Å². The minimum absolute atomic E-state index is 0.0528. The first-order valence-electron chi connectivity index (χ1n) is 6.01. The van der Waals surface area contributed by atoms with Crippen LogP contribution >= 0.6 is 0 Å². The maximum absolute atomic E-state index is 11.8. The molecule has 0 heterocycles. The van der Waals surface area contributed by atoms with Gasteiger partial charge in [-0.25, -0.2) is 0 Å². The summed E-state index contributed by atoms with van der Waals surface area (Å²) >= 11 is 0. The Morgan fingerprint density at radius 3 is 2.63 bits per heavy atom. The fraction of sp³-hybridized carbons (Fsp3) is 0.125. The zero-order chi connectivity index (χ0) is 13.5. The molecule has 0 radical (unpaired) electrons. The van der Waals surface area contributed by atoms with E-state index in [0.717, 1.165) is 0 Å². The molecule has 0 saturated heterocycles. The van der Waals surface area contributed by atoms with E-state index in [4.69, 9.17) is 10.00 Å². The van der Waals surface area contributed by atoms with Gasteiger partial charge >= 0.3 is 0 Å². The van der Waals surface area contributed by atoms with E-state index in [2.05, 4.69) is 0 Å². The predicted molar refractivity (Wildman–Crippen MR) is 72.0 cm³/mol. The molecule has 2 rings (SSSR count). The van der Waals surface area contributed by atoms with Crippen LogP contribution in [0.5, 0.6) is 5.75 Å². The van der Waals surface area contributed by atoms with E-state index in [-0.39, 0.29) is 5.78 Å². The molecule has 0 bridgehead atoms. The molecule has 0 saturated carbocycles. The van der Waals surface area contributed by atoms with E-state index in [9.17, 15) is 4.79 Å². The van der Waals surface area contributed by atoms with E-state index in [1.54, 1.807) is 36.4 Å². The average Bonchev–Trinajstić information content (AvgIpc) is 2.48. The quantitative estimate of drug-likeness (QED) is 0.767. The van der Waals surface area contributed by atoms with Gasteiger partial charge in [0.05, 0.1) is 18.2 Å². The van der Waals surface area contributed by atoms with Crippen molar-refractivity contribution in [2.45, 2.75) is 6.42 Å². The lowest BCUT2D eigenvalue weighted by Crippen LogP contribution is -2.06. The fourth-order valence-electron chi connectivity index (χ4n) is 1.69. The van der Waals surface area contributed by atoms with Crippen LogP contribution in [-0.2, 0) is 0 Å². The van der Waals surface area contributed by atoms with E-state index in [1.165, 1.54) is 0 Å². The highest BCUT2D eigenvalue weighted by Crippen LogP contribution is 2.13. The van der Waals surface area contributed by atoms with Crippen LogP contribution in [0.2, 0.25) is 0 Å². The molecular weight excluding hydrogens is 238 g/mol. The summed E-state index contributed by atoms with van der Waals surface area (Å²) in [5, 5.41) is 8.76. The van der Waals surface area contributed by atoms with Crippen molar-refractivity contribution in [3.05, 3.63) is 65.7 Å². The Bertz CT molecular complexity index is 600.